The van der Waals surface area contributed by atoms with Crippen LogP contribution in [0.5, 0.6) is 0 Å². The predicted molar refractivity (Wildman–Crippen MR) is 104 cm³/mol. The Labute approximate surface area is 160 Å². The monoisotopic (exact) mass is 374 g/mol. The number of H-pyrrole nitrogens is 1. The number of hydrogen-bond acceptors (Lipinski definition) is 7. The Kier molecular flexibility index (Phi) is 4.77. The zero-order valence-electron chi connectivity index (χ0n) is 15.4. The summed E-state index contributed by atoms with van der Waals surface area (Å²) in [6, 6.07) is 11.0. The molecule has 4 rings (SSSR count). The molecule has 0 amide bonds. The SMILES string of the molecule is CNCc1ccc(-c2nnc(-c3nc(-c4ccc(=O)[nH]c4)cnc3C)o2)cc1. The minimum absolute atomic E-state index is 0.175. The third-order valence-electron chi connectivity index (χ3n) is 4.24. The number of aromatic nitrogens is 5. The Hall–Kier alpha value is -3.65. The van der Waals surface area contributed by atoms with E-state index in [1.807, 2.05) is 38.2 Å². The molecule has 140 valence electrons. The third kappa shape index (κ3) is 3.58. The zero-order valence-corrected chi connectivity index (χ0v) is 15.4. The van der Waals surface area contributed by atoms with E-state index in [-0.39, 0.29) is 5.56 Å². The first kappa shape index (κ1) is 17.7. The van der Waals surface area contributed by atoms with E-state index < -0.39 is 0 Å². The van der Waals surface area contributed by atoms with Crippen LogP contribution in [0.1, 0.15) is 11.3 Å². The Morgan fingerprint density at radius 3 is 2.50 bits per heavy atom. The van der Waals surface area contributed by atoms with Crippen LogP contribution >= 0.6 is 0 Å². The number of aromatic amines is 1. The molecule has 0 radical (unpaired) electrons. The fourth-order valence-electron chi connectivity index (χ4n) is 2.77. The van der Waals surface area contributed by atoms with Gasteiger partial charge in [0.2, 0.25) is 11.4 Å². The number of hydrogen-bond donors (Lipinski definition) is 2. The average molecular weight is 374 g/mol. The summed E-state index contributed by atoms with van der Waals surface area (Å²) in [4.78, 5) is 22.9. The topological polar surface area (TPSA) is 110 Å². The number of nitrogens with one attached hydrogen (secondary N) is 2. The molecule has 3 heterocycles. The number of benzene rings is 1. The lowest BCUT2D eigenvalue weighted by Crippen LogP contribution is -2.04. The van der Waals surface area contributed by atoms with Crippen molar-refractivity contribution >= 4 is 0 Å². The fourth-order valence-corrected chi connectivity index (χ4v) is 2.77. The molecule has 0 aliphatic rings. The van der Waals surface area contributed by atoms with Gasteiger partial charge in [0.15, 0.2) is 0 Å². The highest BCUT2D eigenvalue weighted by Gasteiger charge is 2.16. The molecular weight excluding hydrogens is 356 g/mol. The van der Waals surface area contributed by atoms with E-state index >= 15 is 0 Å². The highest BCUT2D eigenvalue weighted by molar-refractivity contribution is 5.62. The lowest BCUT2D eigenvalue weighted by atomic mass is 10.1. The van der Waals surface area contributed by atoms with Gasteiger partial charge in [0.1, 0.15) is 5.69 Å². The lowest BCUT2D eigenvalue weighted by molar-refractivity contribution is 0.581. The van der Waals surface area contributed by atoms with E-state index in [9.17, 15) is 4.79 Å². The molecule has 0 saturated heterocycles. The summed E-state index contributed by atoms with van der Waals surface area (Å²) in [6.45, 7) is 2.62. The van der Waals surface area contributed by atoms with Gasteiger partial charge in [-0.15, -0.1) is 10.2 Å². The van der Waals surface area contributed by atoms with Crippen molar-refractivity contribution in [2.24, 2.45) is 0 Å². The summed E-state index contributed by atoms with van der Waals surface area (Å²) >= 11 is 0. The first-order chi connectivity index (χ1) is 13.6. The van der Waals surface area contributed by atoms with Crippen molar-refractivity contribution in [3.8, 4) is 34.3 Å². The Balaban J connectivity index is 1.67. The van der Waals surface area contributed by atoms with Crippen LogP contribution in [0.15, 0.2) is 58.0 Å². The van der Waals surface area contributed by atoms with Gasteiger partial charge in [-0.25, -0.2) is 4.98 Å². The fraction of sp³-hybridized carbons (Fsp3) is 0.150. The average Bonchev–Trinajstić information content (AvgIpc) is 3.20. The minimum atomic E-state index is -0.175. The predicted octanol–water partition coefficient (Wildman–Crippen LogP) is 2.58. The van der Waals surface area contributed by atoms with Crippen molar-refractivity contribution in [3.05, 3.63) is 70.4 Å². The van der Waals surface area contributed by atoms with Crippen molar-refractivity contribution in [3.63, 3.8) is 0 Å². The standard InChI is InChI=1S/C20H18N6O2/c1-12-18(24-16(11-22-12)15-7-8-17(27)23-10-15)20-26-25-19(28-20)14-5-3-13(4-6-14)9-21-2/h3-8,10-11,21H,9H2,1-2H3,(H,23,27). The molecule has 1 aromatic carbocycles. The summed E-state index contributed by atoms with van der Waals surface area (Å²) in [6.07, 6.45) is 3.24. The van der Waals surface area contributed by atoms with Gasteiger partial charge in [-0.3, -0.25) is 9.78 Å². The van der Waals surface area contributed by atoms with Crippen molar-refractivity contribution in [1.82, 2.24) is 30.5 Å². The highest BCUT2D eigenvalue weighted by atomic mass is 16.4. The molecular formula is C20H18N6O2. The minimum Gasteiger partial charge on any atom is -0.415 e. The number of nitrogens with zero attached hydrogens (tertiary/aromatic N) is 4. The molecule has 0 spiro atoms. The smallest absolute Gasteiger partial charge is 0.268 e. The lowest BCUT2D eigenvalue weighted by Gasteiger charge is -2.04. The normalized spacial score (nSPS) is 10.9. The van der Waals surface area contributed by atoms with Gasteiger partial charge < -0.3 is 14.7 Å². The quantitative estimate of drug-likeness (QED) is 0.552. The highest BCUT2D eigenvalue weighted by Crippen LogP contribution is 2.26. The molecule has 8 heteroatoms. The maximum Gasteiger partial charge on any atom is 0.268 e. The molecule has 0 fully saturated rings. The molecule has 0 unspecified atom stereocenters. The van der Waals surface area contributed by atoms with Crippen LogP contribution in [0.4, 0.5) is 0 Å². The zero-order chi connectivity index (χ0) is 19.5. The molecule has 8 nitrogen and oxygen atoms in total. The molecule has 0 aliphatic carbocycles. The molecule has 2 N–H and O–H groups in total. The Morgan fingerprint density at radius 2 is 1.79 bits per heavy atom. The summed E-state index contributed by atoms with van der Waals surface area (Å²) < 4.78 is 5.85. The molecule has 0 saturated carbocycles. The van der Waals surface area contributed by atoms with Gasteiger partial charge in [0, 0.05) is 29.9 Å². The van der Waals surface area contributed by atoms with Gasteiger partial charge in [0.25, 0.3) is 5.89 Å². The summed E-state index contributed by atoms with van der Waals surface area (Å²) in [5, 5.41) is 11.4. The summed E-state index contributed by atoms with van der Waals surface area (Å²) in [5.74, 6) is 0.715. The van der Waals surface area contributed by atoms with Crippen LogP contribution in [0.3, 0.4) is 0 Å². The maximum absolute atomic E-state index is 11.3. The third-order valence-corrected chi connectivity index (χ3v) is 4.24. The molecule has 4 aromatic rings. The Bertz CT molecular complexity index is 1140. The van der Waals surface area contributed by atoms with E-state index in [4.69, 9.17) is 4.42 Å². The van der Waals surface area contributed by atoms with Crippen LogP contribution < -0.4 is 10.9 Å². The van der Waals surface area contributed by atoms with Crippen LogP contribution in [0.25, 0.3) is 34.3 Å². The second-order valence-corrected chi connectivity index (χ2v) is 6.27. The maximum atomic E-state index is 11.3. The van der Waals surface area contributed by atoms with Gasteiger partial charge in [-0.1, -0.05) is 12.1 Å². The number of rotatable bonds is 5. The van der Waals surface area contributed by atoms with Crippen molar-refractivity contribution in [2.75, 3.05) is 7.05 Å². The molecule has 0 bridgehead atoms. The summed E-state index contributed by atoms with van der Waals surface area (Å²) in [7, 11) is 1.91. The van der Waals surface area contributed by atoms with E-state index in [1.54, 1.807) is 18.5 Å². The van der Waals surface area contributed by atoms with Gasteiger partial charge >= 0.3 is 0 Å². The largest absolute Gasteiger partial charge is 0.415 e. The van der Waals surface area contributed by atoms with Crippen LogP contribution in [-0.2, 0) is 6.54 Å². The van der Waals surface area contributed by atoms with Gasteiger partial charge in [0.05, 0.1) is 17.6 Å². The van der Waals surface area contributed by atoms with Crippen molar-refractivity contribution in [2.45, 2.75) is 13.5 Å². The molecule has 3 aromatic heterocycles. The number of pyridine rings is 1. The van der Waals surface area contributed by atoms with Crippen molar-refractivity contribution in [1.29, 1.82) is 0 Å². The van der Waals surface area contributed by atoms with E-state index in [1.165, 1.54) is 11.6 Å². The number of aryl methyl sites for hydroxylation is 1. The molecule has 0 atom stereocenters. The van der Waals surface area contributed by atoms with E-state index in [2.05, 4.69) is 30.5 Å². The van der Waals surface area contributed by atoms with Crippen LogP contribution in [0.2, 0.25) is 0 Å². The van der Waals surface area contributed by atoms with Gasteiger partial charge in [-0.05, 0) is 37.7 Å². The molecule has 0 aliphatic heterocycles. The Morgan fingerprint density at radius 1 is 1.04 bits per heavy atom. The second-order valence-electron chi connectivity index (χ2n) is 6.27. The van der Waals surface area contributed by atoms with Crippen molar-refractivity contribution < 1.29 is 4.42 Å². The van der Waals surface area contributed by atoms with Crippen LogP contribution in [0, 0.1) is 6.92 Å². The van der Waals surface area contributed by atoms with Crippen LogP contribution in [-0.4, -0.2) is 32.2 Å². The van der Waals surface area contributed by atoms with E-state index in [0.29, 0.717) is 28.9 Å². The molecule has 28 heavy (non-hydrogen) atoms. The van der Waals surface area contributed by atoms with E-state index in [0.717, 1.165) is 17.7 Å². The summed E-state index contributed by atoms with van der Waals surface area (Å²) in [5.41, 5.74) is 4.36. The first-order valence-corrected chi connectivity index (χ1v) is 8.74. The second kappa shape index (κ2) is 7.53. The first-order valence-electron chi connectivity index (χ1n) is 8.74. The van der Waals surface area contributed by atoms with Gasteiger partial charge in [-0.2, -0.15) is 0 Å².